The van der Waals surface area contributed by atoms with Gasteiger partial charge in [0.2, 0.25) is 0 Å². The van der Waals surface area contributed by atoms with Crippen LogP contribution in [0.4, 0.5) is 0 Å². The molecule has 1 atom stereocenters. The lowest BCUT2D eigenvalue weighted by Gasteiger charge is -2.24. The maximum atomic E-state index is 4.78. The summed E-state index contributed by atoms with van der Waals surface area (Å²) in [5.74, 6) is 2.17. The quantitative estimate of drug-likeness (QED) is 0.391. The number of fused-ring (bicyclic) bond motifs is 1. The minimum Gasteiger partial charge on any atom is -0.357 e. The number of halogens is 1. The Hall–Kier alpha value is -1.02. The monoisotopic (exact) mass is 470 g/mol. The molecule has 6 heteroatoms. The molecule has 1 aromatic heterocycles. The van der Waals surface area contributed by atoms with E-state index in [0.29, 0.717) is 11.3 Å². The number of thioether (sulfide) groups is 1. The van der Waals surface area contributed by atoms with Gasteiger partial charge in [-0.25, -0.2) is 4.99 Å². The summed E-state index contributed by atoms with van der Waals surface area (Å²) in [6.07, 6.45) is 4.46. The van der Waals surface area contributed by atoms with Crippen molar-refractivity contribution in [1.29, 1.82) is 0 Å². The molecule has 1 aliphatic heterocycles. The second-order valence-electron chi connectivity index (χ2n) is 6.44. The average molecular weight is 470 g/mol. The Kier molecular flexibility index (Phi) is 7.81. The van der Waals surface area contributed by atoms with Crippen LogP contribution in [0, 0.1) is 0 Å². The molecule has 1 unspecified atom stereocenters. The summed E-state index contributed by atoms with van der Waals surface area (Å²) < 4.78 is 0.333. The molecule has 25 heavy (non-hydrogen) atoms. The van der Waals surface area contributed by atoms with Crippen molar-refractivity contribution >= 4 is 52.6 Å². The van der Waals surface area contributed by atoms with Gasteiger partial charge in [0.25, 0.3) is 0 Å². The summed E-state index contributed by atoms with van der Waals surface area (Å²) in [6.45, 7) is 6.93. The van der Waals surface area contributed by atoms with Gasteiger partial charge in [0.1, 0.15) is 0 Å². The second kappa shape index (κ2) is 9.62. The number of para-hydroxylation sites is 1. The Morgan fingerprint density at radius 1 is 1.28 bits per heavy atom. The summed E-state index contributed by atoms with van der Waals surface area (Å²) in [4.78, 5) is 9.20. The highest BCUT2D eigenvalue weighted by atomic mass is 127. The van der Waals surface area contributed by atoms with Crippen LogP contribution in [0.5, 0.6) is 0 Å². The number of guanidine groups is 1. The van der Waals surface area contributed by atoms with Crippen molar-refractivity contribution in [2.45, 2.75) is 38.0 Å². The van der Waals surface area contributed by atoms with E-state index in [1.54, 1.807) is 0 Å². The van der Waals surface area contributed by atoms with Crippen molar-refractivity contribution < 1.29 is 0 Å². The van der Waals surface area contributed by atoms with Crippen molar-refractivity contribution in [3.05, 3.63) is 42.1 Å². The molecule has 1 aliphatic rings. The molecule has 0 radical (unpaired) electrons. The van der Waals surface area contributed by atoms with Crippen LogP contribution in [0.15, 0.2) is 41.5 Å². The van der Waals surface area contributed by atoms with Gasteiger partial charge in [-0.15, -0.1) is 24.0 Å². The van der Waals surface area contributed by atoms with Gasteiger partial charge in [-0.1, -0.05) is 18.2 Å². The maximum Gasteiger partial charge on any atom is 0.191 e. The Morgan fingerprint density at radius 2 is 2.12 bits per heavy atom. The first-order chi connectivity index (χ1) is 11.7. The molecule has 0 saturated carbocycles. The number of rotatable bonds is 5. The molecule has 2 aromatic rings. The third-order valence-electron chi connectivity index (χ3n) is 4.42. The maximum absolute atomic E-state index is 4.78. The van der Waals surface area contributed by atoms with Crippen molar-refractivity contribution in [3.63, 3.8) is 0 Å². The number of aliphatic imine (C=N–C) groups is 1. The number of nitrogens with one attached hydrogen (secondary N) is 2. The number of nitrogens with zero attached hydrogens (tertiary/aromatic N) is 2. The Bertz CT molecular complexity index is 708. The summed E-state index contributed by atoms with van der Waals surface area (Å²) >= 11 is 2.07. The van der Waals surface area contributed by atoms with Crippen LogP contribution >= 0.6 is 35.7 Å². The standard InChI is InChI=1S/C19H26N4S.HI/c1-3-20-18(23-14-19(2)10-6-12-24-19)22-13-15-9-11-21-17-8-5-4-7-16(15)17;/h4-5,7-9,11H,3,6,10,12-14H2,1-2H3,(H2,20,22,23);1H. The van der Waals surface area contributed by atoms with E-state index in [9.17, 15) is 0 Å². The van der Waals surface area contributed by atoms with Gasteiger partial charge < -0.3 is 10.6 Å². The van der Waals surface area contributed by atoms with E-state index >= 15 is 0 Å². The van der Waals surface area contributed by atoms with Crippen molar-refractivity contribution in [2.24, 2.45) is 4.99 Å². The molecule has 0 bridgehead atoms. The first-order valence-corrected chi connectivity index (χ1v) is 9.67. The topological polar surface area (TPSA) is 49.3 Å². The molecule has 2 heterocycles. The Morgan fingerprint density at radius 3 is 2.88 bits per heavy atom. The minimum atomic E-state index is 0. The van der Waals surface area contributed by atoms with Crippen molar-refractivity contribution in [3.8, 4) is 0 Å². The van der Waals surface area contributed by atoms with Gasteiger partial charge in [-0.3, -0.25) is 4.98 Å². The molecule has 1 aromatic carbocycles. The molecular weight excluding hydrogens is 443 g/mol. The number of aromatic nitrogens is 1. The zero-order chi connectivity index (χ0) is 16.8. The van der Waals surface area contributed by atoms with E-state index in [0.717, 1.165) is 24.6 Å². The first-order valence-electron chi connectivity index (χ1n) is 8.69. The zero-order valence-corrected chi connectivity index (χ0v) is 18.1. The molecule has 4 nitrogen and oxygen atoms in total. The lowest BCUT2D eigenvalue weighted by molar-refractivity contribution is 0.584. The minimum absolute atomic E-state index is 0. The van der Waals surface area contributed by atoms with Crippen LogP contribution in [0.2, 0.25) is 0 Å². The molecule has 3 rings (SSSR count). The molecule has 0 amide bonds. The molecule has 1 saturated heterocycles. The highest BCUT2D eigenvalue weighted by Crippen LogP contribution is 2.36. The second-order valence-corrected chi connectivity index (χ2v) is 8.12. The fraction of sp³-hybridized carbons (Fsp3) is 0.474. The van der Waals surface area contributed by atoms with Crippen molar-refractivity contribution in [2.75, 3.05) is 18.8 Å². The summed E-state index contributed by atoms with van der Waals surface area (Å²) in [5.41, 5.74) is 2.23. The van der Waals surface area contributed by atoms with E-state index in [4.69, 9.17) is 4.99 Å². The summed E-state index contributed by atoms with van der Waals surface area (Å²) in [6, 6.07) is 10.3. The van der Waals surface area contributed by atoms with Gasteiger partial charge >= 0.3 is 0 Å². The number of pyridine rings is 1. The third-order valence-corrected chi connectivity index (χ3v) is 5.96. The Labute approximate surface area is 171 Å². The smallest absolute Gasteiger partial charge is 0.191 e. The highest BCUT2D eigenvalue weighted by molar-refractivity contribution is 14.0. The zero-order valence-electron chi connectivity index (χ0n) is 14.9. The normalized spacial score (nSPS) is 20.3. The third kappa shape index (κ3) is 5.48. The lowest BCUT2D eigenvalue weighted by Crippen LogP contribution is -2.43. The van der Waals surface area contributed by atoms with Crippen LogP contribution in [-0.4, -0.2) is 34.5 Å². The van der Waals surface area contributed by atoms with Crippen molar-refractivity contribution in [1.82, 2.24) is 15.6 Å². The van der Waals surface area contributed by atoms with Gasteiger partial charge in [-0.2, -0.15) is 11.8 Å². The Balaban J connectivity index is 0.00000225. The fourth-order valence-corrected chi connectivity index (χ4v) is 4.29. The van der Waals surface area contributed by atoms with Gasteiger partial charge in [0, 0.05) is 29.4 Å². The predicted molar refractivity (Wildman–Crippen MR) is 120 cm³/mol. The highest BCUT2D eigenvalue weighted by Gasteiger charge is 2.29. The predicted octanol–water partition coefficient (Wildman–Crippen LogP) is 4.19. The van der Waals surface area contributed by atoms with Gasteiger partial charge in [-0.05, 0) is 50.1 Å². The number of benzene rings is 1. The van der Waals surface area contributed by atoms with Crippen LogP contribution in [0.1, 0.15) is 32.3 Å². The molecular formula is C19H27IN4S. The number of hydrogen-bond acceptors (Lipinski definition) is 3. The molecule has 0 aliphatic carbocycles. The van der Waals surface area contributed by atoms with E-state index in [2.05, 4.69) is 59.4 Å². The fourth-order valence-electron chi connectivity index (χ4n) is 3.05. The SMILES string of the molecule is CCNC(=NCc1ccnc2ccccc12)NCC1(C)CCCS1.I. The largest absolute Gasteiger partial charge is 0.357 e. The summed E-state index contributed by atoms with van der Waals surface area (Å²) in [5, 5.41) is 8.06. The van der Waals surface area contributed by atoms with E-state index in [1.807, 2.05) is 18.3 Å². The van der Waals surface area contributed by atoms with Crippen LogP contribution in [0.25, 0.3) is 10.9 Å². The lowest BCUT2D eigenvalue weighted by atomic mass is 10.1. The molecule has 1 fully saturated rings. The molecule has 0 spiro atoms. The van der Waals surface area contributed by atoms with E-state index < -0.39 is 0 Å². The molecule has 136 valence electrons. The van der Waals surface area contributed by atoms with Crippen LogP contribution in [-0.2, 0) is 6.54 Å². The summed E-state index contributed by atoms with van der Waals surface area (Å²) in [7, 11) is 0. The van der Waals surface area contributed by atoms with Crippen LogP contribution < -0.4 is 10.6 Å². The van der Waals surface area contributed by atoms with Crippen LogP contribution in [0.3, 0.4) is 0 Å². The van der Waals surface area contributed by atoms with E-state index in [-0.39, 0.29) is 24.0 Å². The first kappa shape index (κ1) is 20.3. The van der Waals surface area contributed by atoms with Gasteiger partial charge in [0.05, 0.1) is 12.1 Å². The average Bonchev–Trinajstić information content (AvgIpc) is 3.04. The van der Waals surface area contributed by atoms with E-state index in [1.165, 1.54) is 29.5 Å². The molecule has 2 N–H and O–H groups in total. The van der Waals surface area contributed by atoms with Gasteiger partial charge in [0.15, 0.2) is 5.96 Å². The number of hydrogen-bond donors (Lipinski definition) is 2.